The normalized spacial score (nSPS) is 13.1. The molecule has 0 spiro atoms. The lowest BCUT2D eigenvalue weighted by atomic mass is 9.93. The summed E-state index contributed by atoms with van der Waals surface area (Å²) in [5.74, 6) is -0.355. The van der Waals surface area contributed by atoms with Crippen LogP contribution in [0, 0.1) is 5.41 Å². The van der Waals surface area contributed by atoms with Crippen LogP contribution < -0.4 is 10.6 Å². The summed E-state index contributed by atoms with van der Waals surface area (Å²) in [6.07, 6.45) is 0. The van der Waals surface area contributed by atoms with Crippen LogP contribution in [-0.4, -0.2) is 38.1 Å². The van der Waals surface area contributed by atoms with Gasteiger partial charge in [0.25, 0.3) is 0 Å². The van der Waals surface area contributed by atoms with Crippen LogP contribution in [0.4, 0.5) is 0 Å². The van der Waals surface area contributed by atoms with Crippen LogP contribution in [0.15, 0.2) is 0 Å². The highest BCUT2D eigenvalue weighted by Crippen LogP contribution is 2.15. The lowest BCUT2D eigenvalue weighted by molar-refractivity contribution is -0.150. The zero-order valence-electron chi connectivity index (χ0n) is 10.7. The second-order valence-corrected chi connectivity index (χ2v) is 4.37. The molecule has 0 radical (unpaired) electrons. The predicted molar refractivity (Wildman–Crippen MR) is 61.9 cm³/mol. The van der Waals surface area contributed by atoms with Crippen LogP contribution in [0.5, 0.6) is 0 Å². The number of hydrogen-bond acceptors (Lipinski definition) is 4. The van der Waals surface area contributed by atoms with Crippen molar-refractivity contribution < 1.29 is 14.3 Å². The minimum absolute atomic E-state index is 0.0665. The molecule has 0 fully saturated rings. The number of hydrogen-bond donors (Lipinski definition) is 2. The van der Waals surface area contributed by atoms with Gasteiger partial charge in [0.15, 0.2) is 0 Å². The Morgan fingerprint density at radius 1 is 1.38 bits per heavy atom. The Bertz CT molecular complexity index is 252. The maximum Gasteiger partial charge on any atom is 0.312 e. The molecule has 1 atom stereocenters. The van der Waals surface area contributed by atoms with E-state index in [-0.39, 0.29) is 17.9 Å². The van der Waals surface area contributed by atoms with Gasteiger partial charge in [0.1, 0.15) is 0 Å². The van der Waals surface area contributed by atoms with Gasteiger partial charge >= 0.3 is 5.97 Å². The Kier molecular flexibility index (Phi) is 6.03. The molecular weight excluding hydrogens is 208 g/mol. The van der Waals surface area contributed by atoms with Gasteiger partial charge in [-0.1, -0.05) is 0 Å². The van der Waals surface area contributed by atoms with Gasteiger partial charge in [-0.15, -0.1) is 0 Å². The molecule has 94 valence electrons. The molecular formula is C11H22N2O3. The van der Waals surface area contributed by atoms with E-state index in [0.29, 0.717) is 13.1 Å². The molecule has 16 heavy (non-hydrogen) atoms. The summed E-state index contributed by atoms with van der Waals surface area (Å²) in [6.45, 7) is 8.18. The van der Waals surface area contributed by atoms with Crippen molar-refractivity contribution in [3.05, 3.63) is 0 Å². The molecule has 0 bridgehead atoms. The molecule has 0 saturated carbocycles. The van der Waals surface area contributed by atoms with E-state index in [9.17, 15) is 9.59 Å². The maximum atomic E-state index is 11.4. The minimum atomic E-state index is -0.629. The molecule has 0 aliphatic rings. The number of likely N-dealkylation sites (N-methyl/N-ethyl adjacent to an activating group) is 1. The molecule has 0 aliphatic carbocycles. The maximum absolute atomic E-state index is 11.4. The number of methoxy groups -OCH3 is 1. The van der Waals surface area contributed by atoms with Crippen molar-refractivity contribution in [3.63, 3.8) is 0 Å². The lowest BCUT2D eigenvalue weighted by Gasteiger charge is -2.24. The topological polar surface area (TPSA) is 67.4 Å². The number of esters is 1. The van der Waals surface area contributed by atoms with Crippen LogP contribution in [0.1, 0.15) is 27.7 Å². The second-order valence-electron chi connectivity index (χ2n) is 4.37. The Labute approximate surface area is 96.9 Å². The van der Waals surface area contributed by atoms with Crippen molar-refractivity contribution in [1.82, 2.24) is 10.6 Å². The van der Waals surface area contributed by atoms with E-state index in [4.69, 9.17) is 0 Å². The molecule has 1 amide bonds. The summed E-state index contributed by atoms with van der Waals surface area (Å²) < 4.78 is 4.68. The van der Waals surface area contributed by atoms with Crippen LogP contribution in [0.3, 0.4) is 0 Å². The zero-order chi connectivity index (χ0) is 12.8. The second kappa shape index (κ2) is 6.48. The van der Waals surface area contributed by atoms with Crippen LogP contribution in [-0.2, 0) is 14.3 Å². The van der Waals surface area contributed by atoms with E-state index in [2.05, 4.69) is 15.4 Å². The molecule has 0 aromatic carbocycles. The number of ether oxygens (including phenoxy) is 1. The molecule has 5 heteroatoms. The third kappa shape index (κ3) is 4.61. The molecule has 1 unspecified atom stereocenters. The number of rotatable bonds is 6. The van der Waals surface area contributed by atoms with Crippen molar-refractivity contribution in [2.75, 3.05) is 20.2 Å². The summed E-state index contributed by atoms with van der Waals surface area (Å²) >= 11 is 0. The van der Waals surface area contributed by atoms with Gasteiger partial charge in [0.2, 0.25) is 5.91 Å². The average molecular weight is 230 g/mol. The van der Waals surface area contributed by atoms with E-state index in [1.807, 2.05) is 6.92 Å². The molecule has 0 saturated heterocycles. The highest BCUT2D eigenvalue weighted by molar-refractivity contribution is 5.81. The van der Waals surface area contributed by atoms with Crippen LogP contribution in [0.2, 0.25) is 0 Å². The molecule has 2 N–H and O–H groups in total. The molecule has 5 nitrogen and oxygen atoms in total. The molecule has 0 aromatic rings. The number of carbonyl (C=O) groups excluding carboxylic acids is 2. The molecule has 0 rings (SSSR count). The largest absolute Gasteiger partial charge is 0.469 e. The van der Waals surface area contributed by atoms with Crippen molar-refractivity contribution in [1.29, 1.82) is 0 Å². The smallest absolute Gasteiger partial charge is 0.312 e. The van der Waals surface area contributed by atoms with Crippen LogP contribution in [0.25, 0.3) is 0 Å². The summed E-state index contributed by atoms with van der Waals surface area (Å²) in [6, 6.07) is -0.316. The van der Waals surface area contributed by atoms with Gasteiger partial charge in [0.05, 0.1) is 18.6 Å². The van der Waals surface area contributed by atoms with Gasteiger partial charge in [-0.05, 0) is 27.7 Å². The third-order valence-electron chi connectivity index (χ3n) is 2.33. The average Bonchev–Trinajstić information content (AvgIpc) is 2.25. The first kappa shape index (κ1) is 14.9. The Morgan fingerprint density at radius 2 is 1.94 bits per heavy atom. The van der Waals surface area contributed by atoms with Gasteiger partial charge in [-0.2, -0.15) is 0 Å². The number of carbonyl (C=O) groups is 2. The summed E-state index contributed by atoms with van der Waals surface area (Å²) in [5.41, 5.74) is -0.629. The molecule has 0 aromatic heterocycles. The lowest BCUT2D eigenvalue weighted by Crippen LogP contribution is -2.47. The quantitative estimate of drug-likeness (QED) is 0.644. The van der Waals surface area contributed by atoms with Crippen molar-refractivity contribution >= 4 is 11.9 Å². The number of amides is 1. The zero-order valence-corrected chi connectivity index (χ0v) is 10.7. The Balaban J connectivity index is 4.13. The monoisotopic (exact) mass is 230 g/mol. The fourth-order valence-electron chi connectivity index (χ4n) is 1.18. The van der Waals surface area contributed by atoms with E-state index in [0.717, 1.165) is 0 Å². The van der Waals surface area contributed by atoms with Crippen molar-refractivity contribution in [2.45, 2.75) is 33.7 Å². The molecule has 0 heterocycles. The highest BCUT2D eigenvalue weighted by Gasteiger charge is 2.29. The SMILES string of the molecule is CCNC(=O)C(C)NCC(C)(C)C(=O)OC. The summed E-state index contributed by atoms with van der Waals surface area (Å²) in [7, 11) is 1.36. The summed E-state index contributed by atoms with van der Waals surface area (Å²) in [5, 5.41) is 5.72. The highest BCUT2D eigenvalue weighted by atomic mass is 16.5. The first-order valence-corrected chi connectivity index (χ1v) is 5.44. The molecule has 0 aliphatic heterocycles. The third-order valence-corrected chi connectivity index (χ3v) is 2.33. The Hall–Kier alpha value is -1.10. The van der Waals surface area contributed by atoms with Gasteiger partial charge in [-0.3, -0.25) is 9.59 Å². The predicted octanol–water partition coefficient (Wildman–Crippen LogP) is 0.300. The summed E-state index contributed by atoms with van der Waals surface area (Å²) in [4.78, 5) is 22.8. The van der Waals surface area contributed by atoms with E-state index >= 15 is 0 Å². The van der Waals surface area contributed by atoms with Gasteiger partial charge in [0, 0.05) is 13.1 Å². The standard InChI is InChI=1S/C11H22N2O3/c1-6-12-9(14)8(2)13-7-11(3,4)10(15)16-5/h8,13H,6-7H2,1-5H3,(H,12,14). The van der Waals surface area contributed by atoms with E-state index < -0.39 is 5.41 Å². The fraction of sp³-hybridized carbons (Fsp3) is 0.818. The van der Waals surface area contributed by atoms with E-state index in [1.54, 1.807) is 20.8 Å². The van der Waals surface area contributed by atoms with Gasteiger partial charge < -0.3 is 15.4 Å². The first-order chi connectivity index (χ1) is 7.35. The minimum Gasteiger partial charge on any atom is -0.469 e. The number of nitrogens with one attached hydrogen (secondary N) is 2. The van der Waals surface area contributed by atoms with E-state index in [1.165, 1.54) is 7.11 Å². The van der Waals surface area contributed by atoms with Crippen LogP contribution >= 0.6 is 0 Å². The fourth-order valence-corrected chi connectivity index (χ4v) is 1.18. The van der Waals surface area contributed by atoms with Gasteiger partial charge in [-0.25, -0.2) is 0 Å². The Morgan fingerprint density at radius 3 is 2.38 bits per heavy atom. The van der Waals surface area contributed by atoms with Crippen molar-refractivity contribution in [3.8, 4) is 0 Å². The van der Waals surface area contributed by atoms with Crippen molar-refractivity contribution in [2.24, 2.45) is 5.41 Å². The first-order valence-electron chi connectivity index (χ1n) is 5.44.